The predicted molar refractivity (Wildman–Crippen MR) is 92.1 cm³/mol. The Bertz CT molecular complexity index is 661. The molecule has 0 aromatic rings. The zero-order chi connectivity index (χ0) is 19.5. The molecule has 2 fully saturated rings. The molecule has 0 radical (unpaired) electrons. The zero-order valence-electron chi connectivity index (χ0n) is 13.6. The van der Waals surface area contributed by atoms with Crippen molar-refractivity contribution >= 4 is 58.9 Å². The lowest BCUT2D eigenvalue weighted by Gasteiger charge is -2.30. The van der Waals surface area contributed by atoms with Gasteiger partial charge in [-0.2, -0.15) is 5.06 Å². The maximum Gasteiger partial charge on any atom is 0.372 e. The van der Waals surface area contributed by atoms with E-state index in [0.29, 0.717) is 5.06 Å². The molecule has 2 N–H and O–H groups in total. The Hall–Kier alpha value is -2.02. The Kier molecular flexibility index (Phi) is 6.01. The summed E-state index contributed by atoms with van der Waals surface area (Å²) in [6.07, 6.45) is -0.448. The van der Waals surface area contributed by atoms with Crippen molar-refractivity contribution in [2.45, 2.75) is 37.1 Å². The third-order valence-electron chi connectivity index (χ3n) is 3.88. The van der Waals surface area contributed by atoms with Crippen LogP contribution in [-0.2, 0) is 33.5 Å². The van der Waals surface area contributed by atoms with E-state index in [0.717, 1.165) is 10.7 Å². The number of ether oxygens (including phenoxy) is 2. The number of carboxylic acids is 1. The fourth-order valence-electron chi connectivity index (χ4n) is 2.53. The van der Waals surface area contributed by atoms with Crippen LogP contribution in [0.15, 0.2) is 0 Å². The van der Waals surface area contributed by atoms with Gasteiger partial charge in [-0.25, -0.2) is 4.79 Å². The second-order valence-corrected chi connectivity index (χ2v) is 5.95. The van der Waals surface area contributed by atoms with E-state index in [2.05, 4.69) is 5.32 Å². The molecule has 0 aliphatic carbocycles. The van der Waals surface area contributed by atoms with Crippen molar-refractivity contribution in [1.82, 2.24) is 10.4 Å². The van der Waals surface area contributed by atoms with Crippen LogP contribution in [0.5, 0.6) is 0 Å². The van der Waals surface area contributed by atoms with Gasteiger partial charge in [0.15, 0.2) is 0 Å². The van der Waals surface area contributed by atoms with Crippen LogP contribution in [0.25, 0.3) is 0 Å². The number of nitrogens with zero attached hydrogens (tertiary/aromatic N) is 1. The zero-order valence-corrected chi connectivity index (χ0v) is 15.3. The summed E-state index contributed by atoms with van der Waals surface area (Å²) < 4.78 is 10.1. The number of rotatable bonds is 8. The lowest BCUT2D eigenvalue weighted by atomic mass is 10.1. The van der Waals surface area contributed by atoms with Gasteiger partial charge >= 0.3 is 17.7 Å². The number of hydroxylamine groups is 2. The Labute approximate surface area is 158 Å². The number of carboxylic acid groups (broad SMARTS) is 1. The lowest BCUT2D eigenvalue weighted by molar-refractivity contribution is -0.256. The van der Waals surface area contributed by atoms with Gasteiger partial charge in [-0.1, -0.05) is 24.4 Å². The number of aliphatic carboxylic acids is 1. The molecule has 2 atom stereocenters. The number of hydrogen-bond acceptors (Lipinski definition) is 9. The van der Waals surface area contributed by atoms with Crippen molar-refractivity contribution in [3.63, 3.8) is 0 Å². The summed E-state index contributed by atoms with van der Waals surface area (Å²) in [5.74, 6) is -3.99. The Balaban J connectivity index is 2.17. The number of hydrogen-bond donors (Lipinski definition) is 2. The highest BCUT2D eigenvalue weighted by Crippen LogP contribution is 2.34. The highest BCUT2D eigenvalue weighted by atomic mass is 32.1. The summed E-state index contributed by atoms with van der Waals surface area (Å²) in [6, 6.07) is -1.22. The van der Waals surface area contributed by atoms with E-state index in [4.69, 9.17) is 38.7 Å². The van der Waals surface area contributed by atoms with Crippen LogP contribution in [0.2, 0.25) is 0 Å². The SMILES string of the molecule is CCOC(C=S)(C=S)C(=O)NC1CON(C2(C(=O)O)CCC(=O)O2)C1=O. The van der Waals surface area contributed by atoms with Gasteiger partial charge in [-0.05, 0) is 6.92 Å². The third-order valence-corrected chi connectivity index (χ3v) is 4.58. The molecule has 142 valence electrons. The fourth-order valence-corrected chi connectivity index (χ4v) is 3.10. The molecule has 2 heterocycles. The Morgan fingerprint density at radius 3 is 2.58 bits per heavy atom. The molecule has 0 saturated carbocycles. The predicted octanol–water partition coefficient (Wildman–Crippen LogP) is -0.862. The lowest BCUT2D eigenvalue weighted by Crippen LogP contribution is -2.59. The van der Waals surface area contributed by atoms with Crippen molar-refractivity contribution in [2.24, 2.45) is 0 Å². The average Bonchev–Trinajstić information content (AvgIpc) is 3.17. The van der Waals surface area contributed by atoms with E-state index in [-0.39, 0.29) is 26.1 Å². The molecule has 10 nitrogen and oxygen atoms in total. The summed E-state index contributed by atoms with van der Waals surface area (Å²) in [7, 11) is 0. The van der Waals surface area contributed by atoms with Crippen LogP contribution < -0.4 is 5.32 Å². The fraction of sp³-hybridized carbons (Fsp3) is 0.571. The van der Waals surface area contributed by atoms with Crippen molar-refractivity contribution in [3.8, 4) is 0 Å². The molecular formula is C14H16N2O8S2. The topological polar surface area (TPSA) is 131 Å². The highest BCUT2D eigenvalue weighted by Gasteiger charge is 2.59. The summed E-state index contributed by atoms with van der Waals surface area (Å²) in [5, 5.41) is 14.3. The van der Waals surface area contributed by atoms with Crippen LogP contribution >= 0.6 is 24.4 Å². The Morgan fingerprint density at radius 2 is 2.12 bits per heavy atom. The van der Waals surface area contributed by atoms with Gasteiger partial charge in [-0.3, -0.25) is 19.2 Å². The monoisotopic (exact) mass is 404 g/mol. The van der Waals surface area contributed by atoms with E-state index in [1.54, 1.807) is 6.92 Å². The summed E-state index contributed by atoms with van der Waals surface area (Å²) >= 11 is 9.60. The smallest absolute Gasteiger partial charge is 0.372 e. The first-order valence-electron chi connectivity index (χ1n) is 7.56. The van der Waals surface area contributed by atoms with Gasteiger partial charge in [0.1, 0.15) is 12.6 Å². The van der Waals surface area contributed by atoms with E-state index in [1.165, 1.54) is 0 Å². The van der Waals surface area contributed by atoms with Crippen molar-refractivity contribution in [2.75, 3.05) is 13.2 Å². The standard InChI is InChI=1S/C14H16N2O8S2/c1-2-22-13(6-25,7-26)11(19)15-8-5-23-16(10(8)18)14(12(20)21)4-3-9(17)24-14/h6-8H,2-5H2,1H3,(H,15,19)(H,20,21). The van der Waals surface area contributed by atoms with Gasteiger partial charge in [0.05, 0.1) is 6.42 Å². The molecule has 0 spiro atoms. The van der Waals surface area contributed by atoms with Gasteiger partial charge in [-0.15, -0.1) is 0 Å². The maximum absolute atomic E-state index is 12.5. The normalized spacial score (nSPS) is 25.7. The minimum Gasteiger partial charge on any atom is -0.477 e. The molecule has 2 rings (SSSR count). The van der Waals surface area contributed by atoms with Crippen molar-refractivity contribution < 1.29 is 38.6 Å². The molecule has 2 amide bonds. The van der Waals surface area contributed by atoms with Crippen LogP contribution in [0.1, 0.15) is 19.8 Å². The third kappa shape index (κ3) is 3.32. The van der Waals surface area contributed by atoms with Crippen molar-refractivity contribution in [3.05, 3.63) is 0 Å². The molecule has 2 unspecified atom stereocenters. The molecule has 2 aliphatic heterocycles. The number of esters is 1. The molecule has 2 saturated heterocycles. The first-order chi connectivity index (χ1) is 12.3. The number of carbonyl (C=O) groups is 4. The minimum atomic E-state index is -2.25. The van der Waals surface area contributed by atoms with Crippen LogP contribution in [0.3, 0.4) is 0 Å². The van der Waals surface area contributed by atoms with E-state index in [1.807, 2.05) is 0 Å². The summed E-state index contributed by atoms with van der Waals surface area (Å²) in [5.41, 5.74) is -3.95. The number of nitrogens with one attached hydrogen (secondary N) is 1. The first kappa shape index (κ1) is 20.3. The van der Waals surface area contributed by atoms with E-state index in [9.17, 15) is 24.3 Å². The molecule has 12 heteroatoms. The maximum atomic E-state index is 12.5. The highest BCUT2D eigenvalue weighted by molar-refractivity contribution is 7.81. The van der Waals surface area contributed by atoms with E-state index >= 15 is 0 Å². The second kappa shape index (κ2) is 7.70. The van der Waals surface area contributed by atoms with Gasteiger partial charge < -0.3 is 19.9 Å². The van der Waals surface area contributed by atoms with Crippen molar-refractivity contribution in [1.29, 1.82) is 0 Å². The quantitative estimate of drug-likeness (QED) is 0.389. The summed E-state index contributed by atoms with van der Waals surface area (Å²) in [6.45, 7) is 1.41. The number of thiocarbonyl (C=S) groups is 2. The molecular weight excluding hydrogens is 388 g/mol. The Morgan fingerprint density at radius 1 is 1.46 bits per heavy atom. The van der Waals surface area contributed by atoms with E-state index < -0.39 is 41.1 Å². The molecule has 0 bridgehead atoms. The summed E-state index contributed by atoms with van der Waals surface area (Å²) in [4.78, 5) is 53.0. The largest absolute Gasteiger partial charge is 0.477 e. The second-order valence-electron chi connectivity index (χ2n) is 5.48. The minimum absolute atomic E-state index is 0.132. The van der Waals surface area contributed by atoms with Gasteiger partial charge in [0.25, 0.3) is 11.8 Å². The van der Waals surface area contributed by atoms with Crippen LogP contribution in [0, 0.1) is 0 Å². The average molecular weight is 404 g/mol. The molecule has 26 heavy (non-hydrogen) atoms. The molecule has 0 aromatic heterocycles. The number of carbonyl (C=O) groups excluding carboxylic acids is 3. The molecule has 0 aromatic carbocycles. The number of amides is 2. The first-order valence-corrected chi connectivity index (χ1v) is 8.50. The van der Waals surface area contributed by atoms with Crippen LogP contribution in [0.4, 0.5) is 0 Å². The van der Waals surface area contributed by atoms with Crippen LogP contribution in [-0.4, -0.2) is 75.2 Å². The van der Waals surface area contributed by atoms with Gasteiger partial charge in [0.2, 0.25) is 5.60 Å². The number of cyclic esters (lactones) is 1. The molecule has 2 aliphatic rings. The van der Waals surface area contributed by atoms with Gasteiger partial charge in [0, 0.05) is 23.8 Å².